The third kappa shape index (κ3) is 32.1. The normalized spacial score (nSPS) is 11.4. The first-order chi connectivity index (χ1) is 20.6. The lowest BCUT2D eigenvalue weighted by molar-refractivity contribution is -0.150. The van der Waals surface area contributed by atoms with Gasteiger partial charge in [-0.3, -0.25) is 9.59 Å². The van der Waals surface area contributed by atoms with Crippen molar-refractivity contribution in [2.45, 2.75) is 239 Å². The molecule has 0 spiro atoms. The number of unbranched alkanes of at least 4 members (excludes halogenated alkanes) is 24. The van der Waals surface area contributed by atoms with E-state index >= 15 is 0 Å². The first-order valence-electron chi connectivity index (χ1n) is 19.3. The number of Topliss-reactive ketones (excluding diaryl/α,β-unsaturated/α-hetero) is 1. The summed E-state index contributed by atoms with van der Waals surface area (Å²) in [5, 5.41) is 0. The molecular formula is C39H76O3. The van der Waals surface area contributed by atoms with Crippen LogP contribution in [0.4, 0.5) is 0 Å². The third-order valence-electron chi connectivity index (χ3n) is 8.95. The molecule has 3 heteroatoms. The Bertz CT molecular complexity index is 542. The molecule has 0 aliphatic heterocycles. The van der Waals surface area contributed by atoms with E-state index in [9.17, 15) is 9.59 Å². The Balaban J connectivity index is 3.80. The summed E-state index contributed by atoms with van der Waals surface area (Å²) in [6.07, 6.45) is 39.7. The van der Waals surface area contributed by atoms with Gasteiger partial charge in [-0.2, -0.15) is 0 Å². The van der Waals surface area contributed by atoms with Crippen LogP contribution < -0.4 is 0 Å². The van der Waals surface area contributed by atoms with Gasteiger partial charge in [-0.05, 0) is 44.9 Å². The maximum absolute atomic E-state index is 12.6. The van der Waals surface area contributed by atoms with Crippen molar-refractivity contribution in [3.05, 3.63) is 0 Å². The van der Waals surface area contributed by atoms with Crippen molar-refractivity contribution in [1.82, 2.24) is 0 Å². The van der Waals surface area contributed by atoms with Crippen molar-refractivity contribution >= 4 is 11.8 Å². The minimum absolute atomic E-state index is 0.0183. The zero-order chi connectivity index (χ0) is 30.8. The van der Waals surface area contributed by atoms with Crippen molar-refractivity contribution in [1.29, 1.82) is 0 Å². The number of rotatable bonds is 35. The molecule has 0 aromatic carbocycles. The first-order valence-corrected chi connectivity index (χ1v) is 19.3. The van der Waals surface area contributed by atoms with Crippen LogP contribution in [0.1, 0.15) is 233 Å². The van der Waals surface area contributed by atoms with Crippen LogP contribution in [0.25, 0.3) is 0 Å². The van der Waals surface area contributed by atoms with Crippen LogP contribution in [0.3, 0.4) is 0 Å². The predicted molar refractivity (Wildman–Crippen MR) is 184 cm³/mol. The van der Waals surface area contributed by atoms with E-state index in [4.69, 9.17) is 4.74 Å². The van der Waals surface area contributed by atoms with Gasteiger partial charge in [0, 0.05) is 19.3 Å². The molecule has 0 bridgehead atoms. The number of ketones is 1. The smallest absolute Gasteiger partial charge is 0.306 e. The third-order valence-corrected chi connectivity index (χ3v) is 8.95. The van der Waals surface area contributed by atoms with Gasteiger partial charge in [-0.15, -0.1) is 0 Å². The summed E-state index contributed by atoms with van der Waals surface area (Å²) in [6.45, 7) is 6.80. The van der Waals surface area contributed by atoms with Crippen molar-refractivity contribution in [2.24, 2.45) is 0 Å². The van der Waals surface area contributed by atoms with Crippen LogP contribution in [0, 0.1) is 0 Å². The van der Waals surface area contributed by atoms with Crippen molar-refractivity contribution < 1.29 is 14.3 Å². The second-order valence-electron chi connectivity index (χ2n) is 13.3. The Labute approximate surface area is 264 Å². The number of carbonyl (C=O) groups excluding carboxylic acids is 2. The minimum Gasteiger partial charge on any atom is -0.462 e. The lowest BCUT2D eigenvalue weighted by Gasteiger charge is -2.18. The molecule has 0 aromatic rings. The van der Waals surface area contributed by atoms with Gasteiger partial charge in [0.05, 0.1) is 0 Å². The highest BCUT2D eigenvalue weighted by Crippen LogP contribution is 2.19. The van der Waals surface area contributed by atoms with E-state index < -0.39 is 0 Å². The van der Waals surface area contributed by atoms with Gasteiger partial charge in [0.1, 0.15) is 11.9 Å². The van der Waals surface area contributed by atoms with E-state index in [2.05, 4.69) is 20.8 Å². The molecule has 0 aromatic heterocycles. The SMILES string of the molecule is CCCCCCCCCCCCCCCC(=O)CCCCCC(=O)OC(CCCCCCCC)CCCCCCCC. The lowest BCUT2D eigenvalue weighted by atomic mass is 10.0. The predicted octanol–water partition coefficient (Wildman–Crippen LogP) is 13.4. The molecule has 3 nitrogen and oxygen atoms in total. The van der Waals surface area contributed by atoms with Crippen molar-refractivity contribution in [3.8, 4) is 0 Å². The Morgan fingerprint density at radius 2 is 0.667 bits per heavy atom. The Hall–Kier alpha value is -0.860. The molecule has 0 saturated carbocycles. The topological polar surface area (TPSA) is 43.4 Å². The van der Waals surface area contributed by atoms with E-state index in [-0.39, 0.29) is 12.1 Å². The molecule has 0 heterocycles. The fourth-order valence-electron chi connectivity index (χ4n) is 6.04. The van der Waals surface area contributed by atoms with Crippen molar-refractivity contribution in [2.75, 3.05) is 0 Å². The van der Waals surface area contributed by atoms with Gasteiger partial charge >= 0.3 is 5.97 Å². The van der Waals surface area contributed by atoms with Gasteiger partial charge in [0.25, 0.3) is 0 Å². The summed E-state index contributed by atoms with van der Waals surface area (Å²) in [5.74, 6) is 0.397. The summed E-state index contributed by atoms with van der Waals surface area (Å²) in [6, 6.07) is 0. The quantitative estimate of drug-likeness (QED) is 0.0543. The van der Waals surface area contributed by atoms with Gasteiger partial charge in [-0.1, -0.05) is 168 Å². The number of carbonyl (C=O) groups is 2. The van der Waals surface area contributed by atoms with E-state index in [1.165, 1.54) is 154 Å². The van der Waals surface area contributed by atoms with Crippen LogP contribution in [-0.2, 0) is 14.3 Å². The maximum atomic E-state index is 12.6. The highest BCUT2D eigenvalue weighted by molar-refractivity contribution is 5.78. The molecule has 0 rings (SSSR count). The molecule has 0 unspecified atom stereocenters. The Kier molecular flexibility index (Phi) is 33.9. The fourth-order valence-corrected chi connectivity index (χ4v) is 6.04. The number of hydrogen-bond acceptors (Lipinski definition) is 3. The minimum atomic E-state index is -0.0183. The molecule has 0 amide bonds. The molecule has 0 atom stereocenters. The molecule has 250 valence electrons. The summed E-state index contributed by atoms with van der Waals surface area (Å²) in [5.41, 5.74) is 0. The Morgan fingerprint density at radius 3 is 1.05 bits per heavy atom. The standard InChI is InChI=1S/C39H76O3/c1-4-7-10-13-16-17-18-19-20-21-22-23-27-32-37(40)33-28-26-31-36-39(41)42-38(34-29-24-14-11-8-5-2)35-30-25-15-12-9-6-3/h38H,4-36H2,1-3H3. The lowest BCUT2D eigenvalue weighted by Crippen LogP contribution is -2.18. The second kappa shape index (κ2) is 34.6. The maximum Gasteiger partial charge on any atom is 0.306 e. The summed E-state index contributed by atoms with van der Waals surface area (Å²) in [4.78, 5) is 24.8. The number of ether oxygens (including phenoxy) is 1. The highest BCUT2D eigenvalue weighted by Gasteiger charge is 2.14. The zero-order valence-corrected chi connectivity index (χ0v) is 29.1. The van der Waals surface area contributed by atoms with Crippen LogP contribution >= 0.6 is 0 Å². The second-order valence-corrected chi connectivity index (χ2v) is 13.3. The molecule has 42 heavy (non-hydrogen) atoms. The van der Waals surface area contributed by atoms with Crippen molar-refractivity contribution in [3.63, 3.8) is 0 Å². The first kappa shape index (κ1) is 41.1. The summed E-state index contributed by atoms with van der Waals surface area (Å²) < 4.78 is 5.96. The van der Waals surface area contributed by atoms with E-state index in [1.807, 2.05) is 0 Å². The van der Waals surface area contributed by atoms with E-state index in [0.29, 0.717) is 18.6 Å². The van der Waals surface area contributed by atoms with Crippen LogP contribution in [0.15, 0.2) is 0 Å². The average molecular weight is 593 g/mol. The molecular weight excluding hydrogens is 516 g/mol. The zero-order valence-electron chi connectivity index (χ0n) is 29.1. The van der Waals surface area contributed by atoms with Crippen LogP contribution in [-0.4, -0.2) is 17.9 Å². The monoisotopic (exact) mass is 593 g/mol. The molecule has 0 radical (unpaired) electrons. The largest absolute Gasteiger partial charge is 0.462 e. The van der Waals surface area contributed by atoms with E-state index in [0.717, 1.165) is 44.9 Å². The van der Waals surface area contributed by atoms with Gasteiger partial charge in [0.2, 0.25) is 0 Å². The Morgan fingerprint density at radius 1 is 0.381 bits per heavy atom. The van der Waals surface area contributed by atoms with E-state index in [1.54, 1.807) is 0 Å². The average Bonchev–Trinajstić information content (AvgIpc) is 2.98. The fraction of sp³-hybridized carbons (Fsp3) is 0.949. The number of esters is 1. The van der Waals surface area contributed by atoms with Crippen LogP contribution in [0.5, 0.6) is 0 Å². The van der Waals surface area contributed by atoms with Gasteiger partial charge in [0.15, 0.2) is 0 Å². The van der Waals surface area contributed by atoms with Gasteiger partial charge < -0.3 is 4.74 Å². The van der Waals surface area contributed by atoms with Gasteiger partial charge in [-0.25, -0.2) is 0 Å². The highest BCUT2D eigenvalue weighted by atomic mass is 16.5. The summed E-state index contributed by atoms with van der Waals surface area (Å²) in [7, 11) is 0. The van der Waals surface area contributed by atoms with Crippen LogP contribution in [0.2, 0.25) is 0 Å². The molecule has 0 N–H and O–H groups in total. The number of hydrogen-bond donors (Lipinski definition) is 0. The molecule has 0 aliphatic carbocycles. The molecule has 0 saturated heterocycles. The molecule has 0 fully saturated rings. The molecule has 0 aliphatic rings. The summed E-state index contributed by atoms with van der Waals surface area (Å²) >= 11 is 0.